The summed E-state index contributed by atoms with van der Waals surface area (Å²) in [5, 5.41) is 11.7. The van der Waals surface area contributed by atoms with Gasteiger partial charge < -0.3 is 5.32 Å². The van der Waals surface area contributed by atoms with Gasteiger partial charge in [0.25, 0.3) is 0 Å². The predicted molar refractivity (Wildman–Crippen MR) is 60.2 cm³/mol. The second-order valence-corrected chi connectivity index (χ2v) is 4.01. The normalized spacial score (nSPS) is 19.8. The number of amides is 1. The van der Waals surface area contributed by atoms with E-state index in [4.69, 9.17) is 5.26 Å². The summed E-state index contributed by atoms with van der Waals surface area (Å²) in [7, 11) is 0. The number of benzene rings is 1. The molecule has 1 atom stereocenters. The van der Waals surface area contributed by atoms with Gasteiger partial charge in [0.2, 0.25) is 5.91 Å². The third-order valence-electron chi connectivity index (χ3n) is 2.86. The van der Waals surface area contributed by atoms with E-state index in [9.17, 15) is 9.18 Å². The molecular weight excluding hydrogens is 219 g/mol. The smallest absolute Gasteiger partial charge is 0.225 e. The largest absolute Gasteiger partial charge is 0.329 e. The predicted octanol–water partition coefficient (Wildman–Crippen LogP) is 2.23. The van der Waals surface area contributed by atoms with Crippen LogP contribution in [0.4, 0.5) is 4.39 Å². The average Bonchev–Trinajstić information content (AvgIpc) is 2.29. The number of hydrogen-bond donors (Lipinski definition) is 1. The number of carbonyl (C=O) groups is 1. The van der Waals surface area contributed by atoms with Gasteiger partial charge >= 0.3 is 0 Å². The molecule has 1 aromatic carbocycles. The molecule has 3 nitrogen and oxygen atoms in total. The van der Waals surface area contributed by atoms with Crippen molar-refractivity contribution in [3.63, 3.8) is 0 Å². The first kappa shape index (κ1) is 11.3. The Labute approximate surface area is 98.6 Å². The first-order chi connectivity index (χ1) is 8.11. The number of halogens is 1. The summed E-state index contributed by atoms with van der Waals surface area (Å²) in [5.74, 6) is -0.710. The van der Waals surface area contributed by atoms with Crippen molar-refractivity contribution in [2.24, 2.45) is 0 Å². The molecule has 0 spiro atoms. The number of rotatable bonds is 1. The van der Waals surface area contributed by atoms with E-state index in [1.54, 1.807) is 19.1 Å². The van der Waals surface area contributed by atoms with E-state index < -0.39 is 0 Å². The van der Waals surface area contributed by atoms with Crippen molar-refractivity contribution in [2.45, 2.75) is 19.3 Å². The molecule has 1 N–H and O–H groups in total. The van der Waals surface area contributed by atoms with Crippen molar-refractivity contribution in [2.75, 3.05) is 0 Å². The van der Waals surface area contributed by atoms with Crippen LogP contribution in [0.25, 0.3) is 0 Å². The second-order valence-electron chi connectivity index (χ2n) is 4.01. The summed E-state index contributed by atoms with van der Waals surface area (Å²) in [6.45, 7) is 1.70. The first-order valence-electron chi connectivity index (χ1n) is 5.28. The zero-order valence-electron chi connectivity index (χ0n) is 9.33. The summed E-state index contributed by atoms with van der Waals surface area (Å²) >= 11 is 0. The average molecular weight is 230 g/mol. The van der Waals surface area contributed by atoms with Crippen LogP contribution >= 0.6 is 0 Å². The maximum Gasteiger partial charge on any atom is 0.225 e. The minimum atomic E-state index is -0.326. The van der Waals surface area contributed by atoms with Gasteiger partial charge in [-0.05, 0) is 24.6 Å². The molecule has 1 aliphatic rings. The third-order valence-corrected chi connectivity index (χ3v) is 2.86. The molecule has 1 unspecified atom stereocenters. The summed E-state index contributed by atoms with van der Waals surface area (Å²) in [4.78, 5) is 11.5. The minimum absolute atomic E-state index is 0.115. The molecule has 0 aromatic heterocycles. The van der Waals surface area contributed by atoms with Gasteiger partial charge in [-0.2, -0.15) is 5.26 Å². The summed E-state index contributed by atoms with van der Waals surface area (Å²) in [6.07, 6.45) is 0.228. The quantitative estimate of drug-likeness (QED) is 0.804. The van der Waals surface area contributed by atoms with Crippen LogP contribution in [0, 0.1) is 17.1 Å². The van der Waals surface area contributed by atoms with Gasteiger partial charge in [0, 0.05) is 18.0 Å². The Morgan fingerprint density at radius 2 is 2.06 bits per heavy atom. The van der Waals surface area contributed by atoms with Crippen LogP contribution in [0.2, 0.25) is 0 Å². The van der Waals surface area contributed by atoms with Crippen molar-refractivity contribution in [3.05, 3.63) is 46.9 Å². The lowest BCUT2D eigenvalue weighted by Crippen LogP contribution is -2.30. The van der Waals surface area contributed by atoms with Gasteiger partial charge in [0.1, 0.15) is 5.82 Å². The number of carbonyl (C=O) groups excluding carboxylic acids is 1. The highest BCUT2D eigenvalue weighted by molar-refractivity contribution is 5.81. The highest BCUT2D eigenvalue weighted by Gasteiger charge is 2.27. The first-order valence-corrected chi connectivity index (χ1v) is 5.28. The Balaban J connectivity index is 2.43. The van der Waals surface area contributed by atoms with Gasteiger partial charge in [0.15, 0.2) is 0 Å². The fraction of sp³-hybridized carbons (Fsp3) is 0.231. The Kier molecular flexibility index (Phi) is 2.92. The van der Waals surface area contributed by atoms with Crippen LogP contribution in [-0.2, 0) is 4.79 Å². The van der Waals surface area contributed by atoms with Crippen LogP contribution in [0.15, 0.2) is 35.5 Å². The molecule has 17 heavy (non-hydrogen) atoms. The minimum Gasteiger partial charge on any atom is -0.329 e. The van der Waals surface area contributed by atoms with E-state index in [-0.39, 0.29) is 24.1 Å². The highest BCUT2D eigenvalue weighted by atomic mass is 19.1. The van der Waals surface area contributed by atoms with E-state index in [1.807, 2.05) is 0 Å². The van der Waals surface area contributed by atoms with Crippen LogP contribution in [0.3, 0.4) is 0 Å². The van der Waals surface area contributed by atoms with Crippen LogP contribution in [-0.4, -0.2) is 5.91 Å². The molecule has 0 saturated carbocycles. The maximum absolute atomic E-state index is 12.8. The van der Waals surface area contributed by atoms with Gasteiger partial charge in [0.05, 0.1) is 11.6 Å². The Hall–Kier alpha value is -2.15. The van der Waals surface area contributed by atoms with E-state index in [1.165, 1.54) is 12.1 Å². The number of nitrogens with one attached hydrogen (secondary N) is 1. The zero-order valence-corrected chi connectivity index (χ0v) is 9.33. The van der Waals surface area contributed by atoms with E-state index in [0.29, 0.717) is 11.3 Å². The van der Waals surface area contributed by atoms with Gasteiger partial charge in [-0.3, -0.25) is 4.79 Å². The van der Waals surface area contributed by atoms with E-state index >= 15 is 0 Å². The standard InChI is InChI=1S/C13H11FN2O/c1-8-12(7-15)11(6-13(17)16-8)9-2-4-10(14)5-3-9/h2-5,11H,6H2,1H3,(H,16,17). The monoisotopic (exact) mass is 230 g/mol. The van der Waals surface area contributed by atoms with Crippen molar-refractivity contribution in [3.8, 4) is 6.07 Å². The lowest BCUT2D eigenvalue weighted by molar-refractivity contribution is -0.121. The summed E-state index contributed by atoms with van der Waals surface area (Å²) in [6, 6.07) is 8.02. The van der Waals surface area contributed by atoms with Crippen LogP contribution in [0.1, 0.15) is 24.8 Å². The summed E-state index contributed by atoms with van der Waals surface area (Å²) in [5.41, 5.74) is 1.91. The van der Waals surface area contributed by atoms with Gasteiger partial charge in [-0.25, -0.2) is 4.39 Å². The molecule has 0 radical (unpaired) electrons. The van der Waals surface area contributed by atoms with Crippen molar-refractivity contribution < 1.29 is 9.18 Å². The number of hydrogen-bond acceptors (Lipinski definition) is 2. The molecule has 0 saturated heterocycles. The van der Waals surface area contributed by atoms with Crippen molar-refractivity contribution in [1.29, 1.82) is 5.26 Å². The van der Waals surface area contributed by atoms with Gasteiger partial charge in [-0.15, -0.1) is 0 Å². The van der Waals surface area contributed by atoms with Crippen molar-refractivity contribution >= 4 is 5.91 Å². The molecule has 0 aliphatic carbocycles. The number of nitriles is 1. The topological polar surface area (TPSA) is 52.9 Å². The van der Waals surface area contributed by atoms with Crippen LogP contribution < -0.4 is 5.32 Å². The van der Waals surface area contributed by atoms with Crippen LogP contribution in [0.5, 0.6) is 0 Å². The lowest BCUT2D eigenvalue weighted by atomic mass is 9.85. The molecule has 1 aliphatic heterocycles. The molecule has 1 aromatic rings. The number of allylic oxidation sites excluding steroid dienone is 2. The molecule has 2 rings (SSSR count). The maximum atomic E-state index is 12.8. The Morgan fingerprint density at radius 1 is 1.41 bits per heavy atom. The zero-order chi connectivity index (χ0) is 12.4. The van der Waals surface area contributed by atoms with Crippen molar-refractivity contribution in [1.82, 2.24) is 5.32 Å². The third kappa shape index (κ3) is 2.18. The fourth-order valence-corrected chi connectivity index (χ4v) is 2.02. The molecule has 1 heterocycles. The molecule has 4 heteroatoms. The highest BCUT2D eigenvalue weighted by Crippen LogP contribution is 2.31. The van der Waals surface area contributed by atoms with E-state index in [0.717, 1.165) is 5.56 Å². The SMILES string of the molecule is CC1=C(C#N)C(c2ccc(F)cc2)CC(=O)N1. The fourth-order valence-electron chi connectivity index (χ4n) is 2.02. The summed E-state index contributed by atoms with van der Waals surface area (Å²) < 4.78 is 12.8. The Bertz CT molecular complexity index is 525. The Morgan fingerprint density at radius 3 is 2.65 bits per heavy atom. The lowest BCUT2D eigenvalue weighted by Gasteiger charge is -2.23. The molecule has 1 amide bonds. The molecule has 0 fully saturated rings. The van der Waals surface area contributed by atoms with Gasteiger partial charge in [-0.1, -0.05) is 12.1 Å². The second kappa shape index (κ2) is 4.38. The number of nitrogens with zero attached hydrogens (tertiary/aromatic N) is 1. The molecule has 86 valence electrons. The van der Waals surface area contributed by atoms with E-state index in [2.05, 4.69) is 11.4 Å². The molecular formula is C13H11FN2O. The molecule has 0 bridgehead atoms.